The SMILES string of the molecule is CSC1NC(Cl)C(c2ccccc2)C(N(C)CCOC2CCC(CC3SC(=O)NC3=O)CC2)N1. The van der Waals surface area contributed by atoms with Crippen molar-refractivity contribution < 1.29 is 14.3 Å². The van der Waals surface area contributed by atoms with E-state index in [-0.39, 0.29) is 45.6 Å². The molecule has 0 bridgehead atoms. The van der Waals surface area contributed by atoms with E-state index < -0.39 is 0 Å². The molecule has 34 heavy (non-hydrogen) atoms. The number of carbonyl (C=O) groups excluding carboxylic acids is 2. The maximum Gasteiger partial charge on any atom is 0.286 e. The van der Waals surface area contributed by atoms with Crippen molar-refractivity contribution in [3.63, 3.8) is 0 Å². The molecule has 3 N–H and O–H groups in total. The van der Waals surface area contributed by atoms with Crippen LogP contribution in [0.2, 0.25) is 0 Å². The number of nitrogens with zero attached hydrogens (tertiary/aromatic N) is 1. The molecular weight excluding hydrogens is 492 g/mol. The van der Waals surface area contributed by atoms with Gasteiger partial charge in [0.05, 0.1) is 29.6 Å². The maximum atomic E-state index is 11.8. The van der Waals surface area contributed by atoms with Gasteiger partial charge in [0.15, 0.2) is 0 Å². The minimum Gasteiger partial charge on any atom is -0.377 e. The number of likely N-dealkylation sites (N-methyl/N-ethyl adjacent to an activating group) is 1. The molecule has 2 amide bonds. The number of nitrogens with one attached hydrogen (secondary N) is 3. The average molecular weight is 527 g/mol. The van der Waals surface area contributed by atoms with E-state index in [1.165, 1.54) is 5.56 Å². The molecule has 2 aliphatic heterocycles. The third-order valence-electron chi connectivity index (χ3n) is 7.09. The Labute approximate surface area is 215 Å². The van der Waals surface area contributed by atoms with Gasteiger partial charge in [-0.1, -0.05) is 42.1 Å². The maximum absolute atomic E-state index is 11.8. The lowest BCUT2D eigenvalue weighted by Crippen LogP contribution is -2.64. The Kier molecular flexibility index (Phi) is 9.60. The molecular formula is C24H35ClN4O3S2. The van der Waals surface area contributed by atoms with Crippen LogP contribution >= 0.6 is 35.1 Å². The number of hydrogen-bond donors (Lipinski definition) is 3. The molecule has 0 spiro atoms. The monoisotopic (exact) mass is 526 g/mol. The van der Waals surface area contributed by atoms with Crippen molar-refractivity contribution in [2.75, 3.05) is 26.5 Å². The van der Waals surface area contributed by atoms with Crippen LogP contribution in [0.4, 0.5) is 4.79 Å². The van der Waals surface area contributed by atoms with Crippen LogP contribution in [0.25, 0.3) is 0 Å². The molecule has 1 saturated carbocycles. The van der Waals surface area contributed by atoms with Gasteiger partial charge in [0.2, 0.25) is 5.91 Å². The second-order valence-corrected chi connectivity index (χ2v) is 11.9. The summed E-state index contributed by atoms with van der Waals surface area (Å²) in [6.45, 7) is 1.48. The Balaban J connectivity index is 1.24. The smallest absolute Gasteiger partial charge is 0.286 e. The molecule has 5 atom stereocenters. The lowest BCUT2D eigenvalue weighted by Gasteiger charge is -2.45. The number of carbonyl (C=O) groups is 2. The van der Waals surface area contributed by atoms with Crippen LogP contribution in [0.1, 0.15) is 43.6 Å². The summed E-state index contributed by atoms with van der Waals surface area (Å²) in [5.74, 6) is 0.482. The van der Waals surface area contributed by atoms with Gasteiger partial charge in [-0.05, 0) is 56.9 Å². The molecule has 4 rings (SSSR count). The molecule has 3 aliphatic rings. The molecule has 0 radical (unpaired) electrons. The molecule has 2 heterocycles. The van der Waals surface area contributed by atoms with Crippen LogP contribution in [-0.4, -0.2) is 71.0 Å². The first-order valence-corrected chi connectivity index (χ1v) is 14.6. The van der Waals surface area contributed by atoms with E-state index in [2.05, 4.69) is 58.4 Å². The zero-order valence-electron chi connectivity index (χ0n) is 19.7. The molecule has 2 saturated heterocycles. The van der Waals surface area contributed by atoms with Gasteiger partial charge in [-0.25, -0.2) is 0 Å². The average Bonchev–Trinajstić information content (AvgIpc) is 3.16. The first-order chi connectivity index (χ1) is 16.4. The van der Waals surface area contributed by atoms with E-state index in [1.807, 2.05) is 6.07 Å². The Bertz CT molecular complexity index is 828. The molecule has 10 heteroatoms. The van der Waals surface area contributed by atoms with Gasteiger partial charge >= 0.3 is 0 Å². The fourth-order valence-corrected chi connectivity index (χ4v) is 7.16. The number of alkyl halides is 1. The minimum atomic E-state index is -0.213. The summed E-state index contributed by atoms with van der Waals surface area (Å²) in [6, 6.07) is 10.4. The quantitative estimate of drug-likeness (QED) is 0.331. The molecule has 3 fully saturated rings. The summed E-state index contributed by atoms with van der Waals surface area (Å²) in [6.07, 6.45) is 7.35. The third-order valence-corrected chi connectivity index (χ3v) is 9.24. The van der Waals surface area contributed by atoms with E-state index >= 15 is 0 Å². The van der Waals surface area contributed by atoms with E-state index in [1.54, 1.807) is 11.8 Å². The highest BCUT2D eigenvalue weighted by atomic mass is 35.5. The molecule has 1 aromatic rings. The van der Waals surface area contributed by atoms with Crippen molar-refractivity contribution in [3.8, 4) is 0 Å². The highest BCUT2D eigenvalue weighted by molar-refractivity contribution is 8.15. The first-order valence-electron chi connectivity index (χ1n) is 12.0. The van der Waals surface area contributed by atoms with Crippen LogP contribution in [0, 0.1) is 5.92 Å². The molecule has 1 aromatic carbocycles. The van der Waals surface area contributed by atoms with E-state index in [9.17, 15) is 9.59 Å². The predicted octanol–water partition coefficient (Wildman–Crippen LogP) is 3.75. The second-order valence-electron chi connectivity index (χ2n) is 9.35. The molecule has 1 aliphatic carbocycles. The van der Waals surface area contributed by atoms with Crippen molar-refractivity contribution in [1.29, 1.82) is 0 Å². The van der Waals surface area contributed by atoms with Gasteiger partial charge in [-0.15, -0.1) is 23.4 Å². The predicted molar refractivity (Wildman–Crippen MR) is 140 cm³/mol. The Hall–Kier alpha value is -0.810. The Morgan fingerprint density at radius 3 is 2.53 bits per heavy atom. The topological polar surface area (TPSA) is 82.7 Å². The van der Waals surface area contributed by atoms with Gasteiger partial charge in [0.25, 0.3) is 5.24 Å². The number of amides is 2. The van der Waals surface area contributed by atoms with E-state index in [0.717, 1.165) is 50.4 Å². The first kappa shape index (κ1) is 26.3. The fraction of sp³-hybridized carbons (Fsp3) is 0.667. The number of hydrogen-bond acceptors (Lipinski definition) is 8. The van der Waals surface area contributed by atoms with Crippen molar-refractivity contribution >= 4 is 46.3 Å². The van der Waals surface area contributed by atoms with Gasteiger partial charge < -0.3 is 4.74 Å². The lowest BCUT2D eigenvalue weighted by atomic mass is 9.84. The molecule has 188 valence electrons. The summed E-state index contributed by atoms with van der Waals surface area (Å²) < 4.78 is 6.26. The third kappa shape index (κ3) is 6.69. The number of halogens is 1. The van der Waals surface area contributed by atoms with Crippen molar-refractivity contribution in [3.05, 3.63) is 35.9 Å². The number of rotatable bonds is 9. The minimum absolute atomic E-state index is 0.0979. The second kappa shape index (κ2) is 12.4. The normalized spacial score (nSPS) is 34.4. The summed E-state index contributed by atoms with van der Waals surface area (Å²) in [7, 11) is 2.13. The standard InChI is InChI=1S/C24H35ClN4O3S2/c1-29(21-19(16-6-4-3-5-7-16)20(25)26-23(27-21)33-2)12-13-32-17-10-8-15(9-11-17)14-18-22(30)28-24(31)34-18/h3-7,15,17-21,23,26-27H,8-14H2,1-2H3,(H,28,30,31). The lowest BCUT2D eigenvalue weighted by molar-refractivity contribution is -0.119. The van der Waals surface area contributed by atoms with Gasteiger partial charge in [0, 0.05) is 12.5 Å². The number of benzene rings is 1. The van der Waals surface area contributed by atoms with Crippen LogP contribution < -0.4 is 16.0 Å². The van der Waals surface area contributed by atoms with Crippen LogP contribution in [0.15, 0.2) is 30.3 Å². The fourth-order valence-electron chi connectivity index (χ4n) is 5.17. The van der Waals surface area contributed by atoms with Gasteiger partial charge in [-0.3, -0.25) is 30.4 Å². The summed E-state index contributed by atoms with van der Waals surface area (Å²) in [4.78, 5) is 25.5. The largest absolute Gasteiger partial charge is 0.377 e. The highest BCUT2D eigenvalue weighted by Gasteiger charge is 2.39. The van der Waals surface area contributed by atoms with Crippen LogP contribution in [-0.2, 0) is 9.53 Å². The summed E-state index contributed by atoms with van der Waals surface area (Å²) >= 11 is 9.67. The van der Waals surface area contributed by atoms with E-state index in [4.69, 9.17) is 16.3 Å². The zero-order chi connectivity index (χ0) is 24.1. The Morgan fingerprint density at radius 2 is 1.88 bits per heavy atom. The molecule has 7 nitrogen and oxygen atoms in total. The molecule has 5 unspecified atom stereocenters. The van der Waals surface area contributed by atoms with E-state index in [0.29, 0.717) is 12.5 Å². The van der Waals surface area contributed by atoms with Crippen molar-refractivity contribution in [2.24, 2.45) is 5.92 Å². The van der Waals surface area contributed by atoms with Crippen molar-refractivity contribution in [1.82, 2.24) is 20.9 Å². The number of thioether (sulfide) groups is 2. The van der Waals surface area contributed by atoms with Gasteiger partial charge in [-0.2, -0.15) is 0 Å². The zero-order valence-corrected chi connectivity index (χ0v) is 22.1. The summed E-state index contributed by atoms with van der Waals surface area (Å²) in [5.41, 5.74) is 1.15. The Morgan fingerprint density at radius 1 is 1.15 bits per heavy atom. The summed E-state index contributed by atoms with van der Waals surface area (Å²) in [5, 5.41) is 9.12. The number of ether oxygens (including phenoxy) is 1. The van der Waals surface area contributed by atoms with Crippen molar-refractivity contribution in [2.45, 2.75) is 66.5 Å². The number of imide groups is 1. The highest BCUT2D eigenvalue weighted by Crippen LogP contribution is 2.35. The van der Waals surface area contributed by atoms with Gasteiger partial charge in [0.1, 0.15) is 5.50 Å². The van der Waals surface area contributed by atoms with Crippen LogP contribution in [0.5, 0.6) is 0 Å². The molecule has 0 aromatic heterocycles. The van der Waals surface area contributed by atoms with Crippen LogP contribution in [0.3, 0.4) is 0 Å².